The van der Waals surface area contributed by atoms with Crippen molar-refractivity contribution in [1.29, 1.82) is 0 Å². The number of nitrogens with zero attached hydrogens (tertiary/aromatic N) is 2. The third kappa shape index (κ3) is 7.85. The lowest BCUT2D eigenvalue weighted by Crippen LogP contribution is -2.42. The van der Waals surface area contributed by atoms with Gasteiger partial charge in [-0.1, -0.05) is 33.1 Å². The molecule has 0 saturated heterocycles. The Morgan fingerprint density at radius 3 is 2.35 bits per heavy atom. The molecule has 0 radical (unpaired) electrons. The molecule has 1 aromatic carbocycles. The van der Waals surface area contributed by atoms with E-state index in [-0.39, 0.29) is 23.7 Å². The second kappa shape index (κ2) is 12.1. The zero-order chi connectivity index (χ0) is 25.3. The molecule has 2 rings (SSSR count). The predicted molar refractivity (Wildman–Crippen MR) is 124 cm³/mol. The number of nitrogens with one attached hydrogen (secondary N) is 2. The molecule has 0 aliphatic rings. The molecular formula is C22H30F3N5O4. The van der Waals surface area contributed by atoms with Gasteiger partial charge in [-0.3, -0.25) is 19.1 Å². The molecule has 0 saturated carbocycles. The third-order valence-electron chi connectivity index (χ3n) is 5.00. The molecule has 1 aromatic heterocycles. The van der Waals surface area contributed by atoms with Crippen LogP contribution in [0, 0.1) is 0 Å². The van der Waals surface area contributed by atoms with Crippen LogP contribution in [0.2, 0.25) is 0 Å². The van der Waals surface area contributed by atoms with Crippen LogP contribution in [0.25, 0.3) is 0 Å². The summed E-state index contributed by atoms with van der Waals surface area (Å²) in [5.74, 6) is -0.938. The van der Waals surface area contributed by atoms with E-state index >= 15 is 0 Å². The van der Waals surface area contributed by atoms with Crippen molar-refractivity contribution < 1.29 is 22.7 Å². The molecule has 12 heteroatoms. The van der Waals surface area contributed by atoms with Crippen LogP contribution in [0.1, 0.15) is 46.0 Å². The maximum Gasteiger partial charge on any atom is 0.573 e. The standard InChI is InChI=1S/C22H30F3N5O4/c1-3-5-7-12-29(18-19(26)30(13-6-4-2)21(33)28-20(18)32)14-17(31)27-15-8-10-16(11-9-15)34-22(23,24)25/h8-11H,3-7,12-14,26H2,1-2H3,(H,27,31)(H,28,32,33). The van der Waals surface area contributed by atoms with E-state index in [1.54, 1.807) is 0 Å². The van der Waals surface area contributed by atoms with Gasteiger partial charge in [0.05, 0.1) is 6.54 Å². The van der Waals surface area contributed by atoms with Crippen molar-refractivity contribution >= 4 is 23.1 Å². The summed E-state index contributed by atoms with van der Waals surface area (Å²) < 4.78 is 42.0. The number of unbranched alkanes of at least 4 members (excludes halogenated alkanes) is 3. The molecule has 34 heavy (non-hydrogen) atoms. The topological polar surface area (TPSA) is 122 Å². The minimum atomic E-state index is -4.82. The number of halogens is 3. The normalized spacial score (nSPS) is 11.3. The lowest BCUT2D eigenvalue weighted by Gasteiger charge is -2.25. The van der Waals surface area contributed by atoms with Crippen molar-refractivity contribution in [2.24, 2.45) is 0 Å². The average molecular weight is 486 g/mol. The minimum Gasteiger partial charge on any atom is -0.406 e. The first-order valence-electron chi connectivity index (χ1n) is 11.1. The summed E-state index contributed by atoms with van der Waals surface area (Å²) in [6.45, 7) is 4.39. The Labute approximate surface area is 194 Å². The Bertz CT molecular complexity index is 1060. The van der Waals surface area contributed by atoms with Gasteiger partial charge in [0.15, 0.2) is 0 Å². The largest absolute Gasteiger partial charge is 0.573 e. The van der Waals surface area contributed by atoms with Crippen molar-refractivity contribution in [2.75, 3.05) is 29.0 Å². The Hall–Kier alpha value is -3.44. The number of nitrogens with two attached hydrogens (primary N) is 1. The van der Waals surface area contributed by atoms with Crippen LogP contribution < -0.4 is 31.9 Å². The maximum absolute atomic E-state index is 12.7. The van der Waals surface area contributed by atoms with Crippen molar-refractivity contribution in [1.82, 2.24) is 9.55 Å². The molecule has 0 spiro atoms. The first kappa shape index (κ1) is 26.8. The first-order chi connectivity index (χ1) is 16.1. The summed E-state index contributed by atoms with van der Waals surface area (Å²) in [5.41, 5.74) is 5.18. The van der Waals surface area contributed by atoms with Crippen molar-refractivity contribution in [3.05, 3.63) is 45.1 Å². The second-order valence-corrected chi connectivity index (χ2v) is 7.75. The number of ether oxygens (including phenoxy) is 1. The van der Waals surface area contributed by atoms with Gasteiger partial charge in [0, 0.05) is 18.8 Å². The smallest absolute Gasteiger partial charge is 0.406 e. The summed E-state index contributed by atoms with van der Waals surface area (Å²) in [4.78, 5) is 41.3. The molecule has 0 fully saturated rings. The lowest BCUT2D eigenvalue weighted by atomic mass is 10.2. The van der Waals surface area contributed by atoms with Crippen molar-refractivity contribution in [3.63, 3.8) is 0 Å². The average Bonchev–Trinajstić information content (AvgIpc) is 2.73. The number of aromatic nitrogens is 2. The summed E-state index contributed by atoms with van der Waals surface area (Å²) in [6.07, 6.45) is -0.874. The van der Waals surface area contributed by atoms with Gasteiger partial charge in [0.25, 0.3) is 5.56 Å². The van der Waals surface area contributed by atoms with Gasteiger partial charge < -0.3 is 20.7 Å². The number of aromatic amines is 1. The number of amides is 1. The molecular weight excluding hydrogens is 455 g/mol. The number of benzene rings is 1. The number of nitrogen functional groups attached to an aromatic ring is 1. The number of alkyl halides is 3. The van der Waals surface area contributed by atoms with Gasteiger partial charge in [0.2, 0.25) is 5.91 Å². The van der Waals surface area contributed by atoms with Crippen LogP contribution in [0.5, 0.6) is 5.75 Å². The maximum atomic E-state index is 12.7. The lowest BCUT2D eigenvalue weighted by molar-refractivity contribution is -0.274. The van der Waals surface area contributed by atoms with Gasteiger partial charge in [-0.25, -0.2) is 4.79 Å². The molecule has 1 heterocycles. The van der Waals surface area contributed by atoms with E-state index in [1.165, 1.54) is 21.6 Å². The number of H-pyrrole nitrogens is 1. The van der Waals surface area contributed by atoms with Crippen molar-refractivity contribution in [3.8, 4) is 5.75 Å². The molecule has 1 amide bonds. The fraction of sp³-hybridized carbons (Fsp3) is 0.500. The number of carbonyl (C=O) groups is 1. The van der Waals surface area contributed by atoms with Gasteiger partial charge in [-0.15, -0.1) is 13.2 Å². The van der Waals surface area contributed by atoms with Crippen LogP contribution in [0.4, 0.5) is 30.4 Å². The molecule has 9 nitrogen and oxygen atoms in total. The highest BCUT2D eigenvalue weighted by atomic mass is 19.4. The highest BCUT2D eigenvalue weighted by molar-refractivity contribution is 5.94. The Morgan fingerprint density at radius 2 is 1.76 bits per heavy atom. The van der Waals surface area contributed by atoms with E-state index in [1.807, 2.05) is 13.8 Å². The number of carbonyl (C=O) groups excluding carboxylic acids is 1. The van der Waals surface area contributed by atoms with Crippen LogP contribution in [0.15, 0.2) is 33.9 Å². The Kier molecular flexibility index (Phi) is 9.58. The molecule has 4 N–H and O–H groups in total. The Balaban J connectivity index is 2.24. The summed E-state index contributed by atoms with van der Waals surface area (Å²) >= 11 is 0. The van der Waals surface area contributed by atoms with E-state index in [0.29, 0.717) is 25.9 Å². The van der Waals surface area contributed by atoms with Gasteiger partial charge in [-0.2, -0.15) is 0 Å². The Morgan fingerprint density at radius 1 is 1.12 bits per heavy atom. The molecule has 0 bridgehead atoms. The van der Waals surface area contributed by atoms with E-state index in [0.717, 1.165) is 31.4 Å². The molecule has 0 aliphatic carbocycles. The molecule has 188 valence electrons. The number of hydrogen-bond donors (Lipinski definition) is 3. The fourth-order valence-corrected chi connectivity index (χ4v) is 3.36. The summed E-state index contributed by atoms with van der Waals surface area (Å²) in [7, 11) is 0. The van der Waals surface area contributed by atoms with Gasteiger partial charge in [0.1, 0.15) is 17.3 Å². The van der Waals surface area contributed by atoms with Crippen LogP contribution >= 0.6 is 0 Å². The quantitative estimate of drug-likeness (QED) is 0.396. The van der Waals surface area contributed by atoms with Gasteiger partial charge >= 0.3 is 12.1 Å². The van der Waals surface area contributed by atoms with Crippen LogP contribution in [-0.2, 0) is 11.3 Å². The molecule has 0 unspecified atom stereocenters. The molecule has 0 atom stereocenters. The predicted octanol–water partition coefficient (Wildman–Crippen LogP) is 3.45. The highest BCUT2D eigenvalue weighted by Gasteiger charge is 2.31. The summed E-state index contributed by atoms with van der Waals surface area (Å²) in [6, 6.07) is 4.70. The minimum absolute atomic E-state index is 0.0137. The number of hydrogen-bond acceptors (Lipinski definition) is 6. The molecule has 0 aliphatic heterocycles. The van der Waals surface area contributed by atoms with E-state index in [4.69, 9.17) is 5.73 Å². The molecule has 2 aromatic rings. The zero-order valence-corrected chi connectivity index (χ0v) is 19.2. The van der Waals surface area contributed by atoms with Gasteiger partial charge in [-0.05, 0) is 37.1 Å². The van der Waals surface area contributed by atoms with Crippen molar-refractivity contribution in [2.45, 2.75) is 58.9 Å². The second-order valence-electron chi connectivity index (χ2n) is 7.75. The van der Waals surface area contributed by atoms with Crippen LogP contribution in [0.3, 0.4) is 0 Å². The van der Waals surface area contributed by atoms with E-state index < -0.39 is 29.3 Å². The van der Waals surface area contributed by atoms with E-state index in [2.05, 4.69) is 15.0 Å². The number of anilines is 3. The highest BCUT2D eigenvalue weighted by Crippen LogP contribution is 2.24. The monoisotopic (exact) mass is 485 g/mol. The zero-order valence-electron chi connectivity index (χ0n) is 19.2. The third-order valence-corrected chi connectivity index (χ3v) is 5.00. The number of rotatable bonds is 12. The SMILES string of the molecule is CCCCCN(CC(=O)Nc1ccc(OC(F)(F)F)cc1)c1c(N)n(CCCC)c(=O)[nH]c1=O. The fourth-order valence-electron chi connectivity index (χ4n) is 3.36. The summed E-state index contributed by atoms with van der Waals surface area (Å²) in [5, 5.41) is 2.58. The van der Waals surface area contributed by atoms with E-state index in [9.17, 15) is 27.6 Å². The van der Waals surface area contributed by atoms with Crippen LogP contribution in [-0.4, -0.2) is 34.9 Å². The first-order valence-corrected chi connectivity index (χ1v) is 11.1.